The molecule has 9 saturated heterocycles. The van der Waals surface area contributed by atoms with Crippen LogP contribution in [0.15, 0.2) is 0 Å². The zero-order valence-electron chi connectivity index (χ0n) is 71.0. The third-order valence-electron chi connectivity index (χ3n) is 23.5. The smallest absolute Gasteiger partial charge is 0.364 e. The Labute approximate surface area is 747 Å². The van der Waals surface area contributed by atoms with Gasteiger partial charge in [0.2, 0.25) is 29.5 Å². The summed E-state index contributed by atoms with van der Waals surface area (Å²) in [4.78, 5) is 77.0. The highest BCUT2D eigenvalue weighted by Gasteiger charge is 2.64. The van der Waals surface area contributed by atoms with Crippen molar-refractivity contribution in [3.63, 3.8) is 0 Å². The van der Waals surface area contributed by atoms with Crippen molar-refractivity contribution in [2.24, 2.45) is 0 Å². The summed E-state index contributed by atoms with van der Waals surface area (Å²) in [5, 5.41) is 347. The number of aliphatic carboxylic acids is 1. The fraction of sp³-hybridized carbons (Fsp3) is 0.918. The molecule has 764 valence electrons. The van der Waals surface area contributed by atoms with Crippen LogP contribution in [0, 0.1) is 0 Å². The van der Waals surface area contributed by atoms with Crippen LogP contribution in [0.5, 0.6) is 0 Å². The summed E-state index contributed by atoms with van der Waals surface area (Å²) in [6, 6.07) is -9.63. The first kappa shape index (κ1) is 111. The number of hydrogen-bond acceptors (Lipinski definition) is 53. The van der Waals surface area contributed by atoms with Crippen LogP contribution >= 0.6 is 0 Å². The average molecular weight is 1930 g/mol. The van der Waals surface area contributed by atoms with Crippen molar-refractivity contribution in [3.05, 3.63) is 0 Å². The van der Waals surface area contributed by atoms with Crippen LogP contribution in [0.3, 0.4) is 0 Å². The number of ether oxygens (including phenoxy) is 18. The summed E-state index contributed by atoms with van der Waals surface area (Å²) in [7, 11) is 0. The molecule has 50 atom stereocenters. The number of amides is 5. The van der Waals surface area contributed by atoms with E-state index in [-0.39, 0.29) is 0 Å². The highest BCUT2D eigenvalue weighted by molar-refractivity contribution is 5.77. The standard InChI is InChI=1S/C73H123N5O54/c1-18(89)74-23(7-79)39(97)55(26(96)9-81)124-64-36(76-20(3)91)46(104)57(32(15-87)120-64)126-68-53(111)60(45(103)34(123-68)17-115-70-62(50(108)42(100)28(11-83)118-70)129-65-37(77-21(4)92)47(105)56(31(14-86)121-65)125-67-52(110)49(107)41(99)27(10-82)116-67)128-71-63(51(109)43(101)29(12-84)119-71)130-66-38(78-22(5)93)48(106)58(33(16-88)122-66)127-69-54(112)61(44(102)30(13-85)117-69)132-73(72(113)114)6-24(94)35(75-19(2)90)59(131-73)40(98)25(95)8-80/h23-71,79-88,94-112H,6-17H2,1-5H3,(H,74,89)(H,75,90)(H,76,91)(H,77,92)(H,78,93)(H,113,114)/t23-,24-,25+,26+,27+,28+,29+,30+,31+,32+,33+,34+,35+,36+,37+,38+,39+,40+,41-,42+,43+,44-,45+,46+,47+,48+,49-,50-,51-,52+,53-,54+,55+,56+,57+,58+,59+,60-,61-,62-,63-,64?,65?,66?,67?,68?,69?,70?,71?,73?/m0/s1. The summed E-state index contributed by atoms with van der Waals surface area (Å²) >= 11 is 0. The molecular weight excluding hydrogens is 1810 g/mol. The number of hydrogen-bond donors (Lipinski definition) is 35. The van der Waals surface area contributed by atoms with E-state index in [9.17, 15) is 182 Å². The van der Waals surface area contributed by atoms with Crippen molar-refractivity contribution in [1.29, 1.82) is 0 Å². The largest absolute Gasteiger partial charge is 0.477 e. The van der Waals surface area contributed by atoms with E-state index in [1.54, 1.807) is 0 Å². The minimum atomic E-state index is -3.34. The van der Waals surface area contributed by atoms with Gasteiger partial charge in [-0.05, 0) is 0 Å². The van der Waals surface area contributed by atoms with Crippen molar-refractivity contribution >= 4 is 35.5 Å². The van der Waals surface area contributed by atoms with Crippen molar-refractivity contribution in [2.75, 3.05) is 72.7 Å². The quantitative estimate of drug-likeness (QED) is 0.0271. The Hall–Kier alpha value is -5.06. The van der Waals surface area contributed by atoms with E-state index >= 15 is 0 Å². The number of rotatable bonds is 40. The number of aliphatic hydroxyl groups is 29. The van der Waals surface area contributed by atoms with Gasteiger partial charge in [0.25, 0.3) is 5.79 Å². The van der Waals surface area contributed by atoms with E-state index in [1.165, 1.54) is 0 Å². The molecule has 9 aliphatic rings. The molecule has 0 radical (unpaired) electrons. The van der Waals surface area contributed by atoms with Crippen LogP contribution in [0.25, 0.3) is 0 Å². The number of carboxylic acid groups (broad SMARTS) is 1. The second-order valence-corrected chi connectivity index (χ2v) is 32.9. The van der Waals surface area contributed by atoms with Gasteiger partial charge >= 0.3 is 5.97 Å². The Morgan fingerprint density at radius 2 is 0.689 bits per heavy atom. The lowest BCUT2D eigenvalue weighted by molar-refractivity contribution is -0.400. The Bertz CT molecular complexity index is 3630. The maximum absolute atomic E-state index is 13.3. The molecule has 5 amide bonds. The Morgan fingerprint density at radius 1 is 0.341 bits per heavy atom. The number of carbonyl (C=O) groups excluding carboxylic acids is 5. The van der Waals surface area contributed by atoms with Gasteiger partial charge in [-0.1, -0.05) is 0 Å². The molecule has 0 aromatic carbocycles. The third kappa shape index (κ3) is 25.0. The maximum Gasteiger partial charge on any atom is 0.364 e. The first-order chi connectivity index (χ1) is 62.3. The van der Waals surface area contributed by atoms with Gasteiger partial charge in [-0.25, -0.2) is 4.79 Å². The van der Waals surface area contributed by atoms with Crippen LogP contribution in [0.1, 0.15) is 41.0 Å². The van der Waals surface area contributed by atoms with E-state index in [0.29, 0.717) is 0 Å². The van der Waals surface area contributed by atoms with Crippen molar-refractivity contribution in [1.82, 2.24) is 26.6 Å². The molecule has 9 unspecified atom stereocenters. The van der Waals surface area contributed by atoms with Crippen LogP contribution in [-0.2, 0) is 114 Å². The maximum atomic E-state index is 13.3. The van der Waals surface area contributed by atoms with Crippen LogP contribution in [-0.4, -0.2) is 567 Å². The molecule has 0 saturated carbocycles. The van der Waals surface area contributed by atoms with E-state index in [1.807, 2.05) is 0 Å². The second-order valence-electron chi connectivity index (χ2n) is 32.9. The number of carboxylic acids is 1. The van der Waals surface area contributed by atoms with E-state index in [0.717, 1.165) is 34.6 Å². The van der Waals surface area contributed by atoms with Crippen molar-refractivity contribution in [3.8, 4) is 0 Å². The molecule has 9 fully saturated rings. The summed E-state index contributed by atoms with van der Waals surface area (Å²) in [5.74, 6) is -10.3. The van der Waals surface area contributed by atoms with Gasteiger partial charge in [-0.15, -0.1) is 0 Å². The number of carbonyl (C=O) groups is 6. The summed E-state index contributed by atoms with van der Waals surface area (Å²) in [6.45, 7) is -8.70. The molecule has 59 heteroatoms. The Kier molecular flexibility index (Phi) is 40.8. The summed E-state index contributed by atoms with van der Waals surface area (Å²) in [6.07, 6.45) is -99.9. The predicted molar refractivity (Wildman–Crippen MR) is 407 cm³/mol. The highest BCUT2D eigenvalue weighted by Crippen LogP contribution is 2.43. The second kappa shape index (κ2) is 48.7. The lowest BCUT2D eigenvalue weighted by atomic mass is 9.88. The van der Waals surface area contributed by atoms with E-state index < -0.39 is 421 Å². The SMILES string of the molecule is CC(=O)N[C@H]1[C@H]([C@H](O)[C@H](O)CO)OC(O[C@H]2[C@@H](O)[C@@H](CO)OC(O[C@H]3[C@H](O)[C@@H](NC(C)=O)C(O[C@@H]4C(O[C@H]5[C@H](O)[C@@H](COC6O[C@H](CO)[C@@H](O)[C@H](O)[C@@H]6OC6O[C@H](CO)[C@@H](OC7O[C@H](CO)[C@H](O)[C@H](O)[C@H]7O)[C@H](O)[C@H]6NC(C)=O)OC(O[C@H]6[C@H](O)[C@@H](NC(C)=O)C(O[C@@H]([C@H](O)[C@H](CO)NC(C)=O)[C@H](O)CO)O[C@@H]6CO)[C@H]5O)O[C@H](CO)[C@@H](O)[C@@H]4O)O[C@@H]3CO)[C@@H]2O)(C(=O)O)C[C@@H]1O. The van der Waals surface area contributed by atoms with Crippen LogP contribution in [0.2, 0.25) is 0 Å². The molecule has 9 rings (SSSR count). The molecule has 132 heavy (non-hydrogen) atoms. The van der Waals surface area contributed by atoms with Gasteiger partial charge in [-0.2, -0.15) is 0 Å². The molecule has 9 heterocycles. The van der Waals surface area contributed by atoms with Gasteiger partial charge in [0.15, 0.2) is 50.3 Å². The fourth-order valence-electron chi connectivity index (χ4n) is 16.6. The monoisotopic (exact) mass is 1930 g/mol. The molecular formula is C73H123N5O54. The molecule has 0 spiro atoms. The topological polar surface area (TPSA) is 936 Å². The molecule has 59 nitrogen and oxygen atoms in total. The lowest BCUT2D eigenvalue weighted by Crippen LogP contribution is -2.71. The average Bonchev–Trinajstić information content (AvgIpc) is 0.749. The zero-order valence-corrected chi connectivity index (χ0v) is 71.0. The van der Waals surface area contributed by atoms with Gasteiger partial charge in [0.05, 0.1) is 90.9 Å². The van der Waals surface area contributed by atoms with Crippen molar-refractivity contribution in [2.45, 2.75) is 347 Å². The van der Waals surface area contributed by atoms with Crippen LogP contribution in [0.4, 0.5) is 0 Å². The van der Waals surface area contributed by atoms with Crippen molar-refractivity contribution < 1.29 is 267 Å². The zero-order chi connectivity index (χ0) is 98.0. The normalized spacial score (nSPS) is 44.7. The first-order valence-electron chi connectivity index (χ1n) is 41.7. The minimum Gasteiger partial charge on any atom is -0.477 e. The first-order valence-corrected chi connectivity index (χ1v) is 41.7. The Balaban J connectivity index is 1.06. The molecule has 0 aliphatic carbocycles. The molecule has 35 N–H and O–H groups in total. The minimum absolute atomic E-state index is 0.842. The number of nitrogens with one attached hydrogen (secondary N) is 5. The van der Waals surface area contributed by atoms with Gasteiger partial charge in [0.1, 0.15) is 232 Å². The van der Waals surface area contributed by atoms with Gasteiger partial charge < -0.3 is 265 Å². The highest BCUT2D eigenvalue weighted by atomic mass is 16.8. The Morgan fingerprint density at radius 3 is 1.11 bits per heavy atom. The van der Waals surface area contributed by atoms with E-state index in [4.69, 9.17) is 85.3 Å². The van der Waals surface area contributed by atoms with Gasteiger partial charge in [0, 0.05) is 41.0 Å². The van der Waals surface area contributed by atoms with Gasteiger partial charge in [-0.3, -0.25) is 24.0 Å². The molecule has 0 aromatic heterocycles. The predicted octanol–water partition coefficient (Wildman–Crippen LogP) is -23.2. The molecule has 0 bridgehead atoms. The summed E-state index contributed by atoms with van der Waals surface area (Å²) < 4.78 is 107. The lowest BCUT2D eigenvalue weighted by Gasteiger charge is -2.51. The van der Waals surface area contributed by atoms with Crippen LogP contribution < -0.4 is 26.6 Å². The fourth-order valence-corrected chi connectivity index (χ4v) is 16.6. The van der Waals surface area contributed by atoms with E-state index in [2.05, 4.69) is 26.6 Å². The molecule has 0 aromatic rings. The number of aliphatic hydroxyl groups excluding tert-OH is 29. The third-order valence-corrected chi connectivity index (χ3v) is 23.5. The summed E-state index contributed by atoms with van der Waals surface area (Å²) in [5.41, 5.74) is 0. The molecule has 9 aliphatic heterocycles.